The normalized spacial score (nSPS) is 18.2. The molecule has 7 nitrogen and oxygen atoms in total. The first-order valence-corrected chi connectivity index (χ1v) is 12.9. The molecule has 2 aromatic carbocycles. The first-order valence-electron chi connectivity index (χ1n) is 11.4. The molecule has 1 aromatic heterocycles. The molecule has 0 spiro atoms. The average Bonchev–Trinajstić information content (AvgIpc) is 3.48. The molecule has 8 heteroatoms. The van der Waals surface area contributed by atoms with Crippen LogP contribution < -0.4 is 5.32 Å². The Labute approximate surface area is 188 Å². The van der Waals surface area contributed by atoms with Crippen molar-refractivity contribution in [2.24, 2.45) is 0 Å². The van der Waals surface area contributed by atoms with E-state index in [1.807, 2.05) is 24.3 Å². The number of carbonyl (C=O) groups is 1. The summed E-state index contributed by atoms with van der Waals surface area (Å²) in [6.07, 6.45) is 7.44. The third-order valence-corrected chi connectivity index (χ3v) is 8.45. The van der Waals surface area contributed by atoms with Gasteiger partial charge < -0.3 is 4.57 Å². The maximum absolute atomic E-state index is 13.2. The molecule has 0 atom stereocenters. The summed E-state index contributed by atoms with van der Waals surface area (Å²) in [4.78, 5) is 18.0. The Hall–Kier alpha value is -2.71. The Kier molecular flexibility index (Phi) is 5.73. The van der Waals surface area contributed by atoms with E-state index >= 15 is 0 Å². The molecule has 0 radical (unpaired) electrons. The molecular formula is C24H28N4O3S. The van der Waals surface area contributed by atoms with Crippen molar-refractivity contribution >= 4 is 32.9 Å². The van der Waals surface area contributed by atoms with Gasteiger partial charge in [-0.2, -0.15) is 4.31 Å². The van der Waals surface area contributed by atoms with Crippen molar-refractivity contribution in [3.05, 3.63) is 54.1 Å². The molecule has 2 fully saturated rings. The zero-order valence-corrected chi connectivity index (χ0v) is 18.9. The van der Waals surface area contributed by atoms with Gasteiger partial charge in [0.05, 0.1) is 15.9 Å². The number of nitrogens with one attached hydrogen (secondary N) is 1. The largest absolute Gasteiger partial charge is 0.307 e. The number of benzene rings is 2. The molecule has 1 aliphatic heterocycles. The molecule has 2 aliphatic rings. The highest BCUT2D eigenvalue weighted by atomic mass is 32.2. The van der Waals surface area contributed by atoms with E-state index in [0.29, 0.717) is 30.6 Å². The summed E-state index contributed by atoms with van der Waals surface area (Å²) in [7, 11) is -3.58. The molecule has 1 amide bonds. The molecule has 1 aliphatic carbocycles. The van der Waals surface area contributed by atoms with Gasteiger partial charge in [-0.15, -0.1) is 0 Å². The van der Waals surface area contributed by atoms with Crippen LogP contribution in [0.4, 0.5) is 5.95 Å². The van der Waals surface area contributed by atoms with Crippen molar-refractivity contribution in [1.82, 2.24) is 13.9 Å². The fourth-order valence-corrected chi connectivity index (χ4v) is 6.45. The fourth-order valence-electron chi connectivity index (χ4n) is 4.89. The summed E-state index contributed by atoms with van der Waals surface area (Å²) in [5.41, 5.74) is 2.17. The number of carbonyl (C=O) groups excluding carboxylic acids is 1. The second-order valence-electron chi connectivity index (χ2n) is 8.68. The fraction of sp³-hybridized carbons (Fsp3) is 0.417. The predicted molar refractivity (Wildman–Crippen MR) is 124 cm³/mol. The van der Waals surface area contributed by atoms with E-state index in [9.17, 15) is 13.2 Å². The van der Waals surface area contributed by atoms with Gasteiger partial charge in [0.1, 0.15) is 0 Å². The van der Waals surface area contributed by atoms with Gasteiger partial charge in [-0.25, -0.2) is 13.4 Å². The lowest BCUT2D eigenvalue weighted by atomic mass is 9.95. The van der Waals surface area contributed by atoms with Gasteiger partial charge in [-0.3, -0.25) is 10.1 Å². The maximum atomic E-state index is 13.2. The van der Waals surface area contributed by atoms with Crippen molar-refractivity contribution in [3.8, 4) is 0 Å². The van der Waals surface area contributed by atoms with E-state index in [4.69, 9.17) is 4.98 Å². The molecule has 1 saturated heterocycles. The Morgan fingerprint density at radius 1 is 0.938 bits per heavy atom. The number of sulfonamides is 1. The highest BCUT2D eigenvalue weighted by molar-refractivity contribution is 7.89. The molecule has 0 unspecified atom stereocenters. The zero-order valence-electron chi connectivity index (χ0n) is 18.0. The van der Waals surface area contributed by atoms with Gasteiger partial charge in [0.25, 0.3) is 5.91 Å². The minimum atomic E-state index is -3.58. The second kappa shape index (κ2) is 8.67. The highest BCUT2D eigenvalue weighted by Crippen LogP contribution is 2.34. The molecule has 32 heavy (non-hydrogen) atoms. The number of rotatable bonds is 5. The summed E-state index contributed by atoms with van der Waals surface area (Å²) >= 11 is 0. The summed E-state index contributed by atoms with van der Waals surface area (Å²) in [5, 5.41) is 2.97. The van der Waals surface area contributed by atoms with Crippen LogP contribution in [0.25, 0.3) is 11.0 Å². The summed E-state index contributed by atoms with van der Waals surface area (Å²) in [6.45, 7) is 1.06. The van der Waals surface area contributed by atoms with Crippen LogP contribution in [0.3, 0.4) is 0 Å². The standard InChI is InChI=1S/C24H28N4O3S/c29-23(18-9-8-12-20(17-18)32(30,31)27-15-6-7-16-27)26-24-25-21-13-4-5-14-22(21)28(24)19-10-2-1-3-11-19/h4-5,8-9,12-14,17,19H,1-3,6-7,10-11,15-16H2,(H,25,26,29). The predicted octanol–water partition coefficient (Wildman–Crippen LogP) is 4.58. The number of fused-ring (bicyclic) bond motifs is 1. The lowest BCUT2D eigenvalue weighted by Gasteiger charge is -2.25. The van der Waals surface area contributed by atoms with Gasteiger partial charge in [0.15, 0.2) is 0 Å². The van der Waals surface area contributed by atoms with E-state index in [-0.39, 0.29) is 10.8 Å². The minimum absolute atomic E-state index is 0.160. The summed E-state index contributed by atoms with van der Waals surface area (Å²) in [6, 6.07) is 14.5. The highest BCUT2D eigenvalue weighted by Gasteiger charge is 2.28. The Morgan fingerprint density at radius 2 is 1.69 bits per heavy atom. The van der Waals surface area contributed by atoms with Gasteiger partial charge in [0.2, 0.25) is 16.0 Å². The number of nitrogens with zero attached hydrogens (tertiary/aromatic N) is 3. The summed E-state index contributed by atoms with van der Waals surface area (Å²) in [5.74, 6) is 0.173. The Balaban J connectivity index is 1.46. The third kappa shape index (κ3) is 3.93. The van der Waals surface area contributed by atoms with E-state index in [0.717, 1.165) is 36.7 Å². The molecule has 0 bridgehead atoms. The molecule has 2 heterocycles. The van der Waals surface area contributed by atoms with Gasteiger partial charge >= 0.3 is 0 Å². The molecule has 1 saturated carbocycles. The zero-order chi connectivity index (χ0) is 22.1. The van der Waals surface area contributed by atoms with Gasteiger partial charge in [-0.1, -0.05) is 37.5 Å². The number of aromatic nitrogens is 2. The molecule has 168 valence electrons. The van der Waals surface area contributed by atoms with Crippen LogP contribution in [0.15, 0.2) is 53.4 Å². The van der Waals surface area contributed by atoms with Crippen LogP contribution >= 0.6 is 0 Å². The minimum Gasteiger partial charge on any atom is -0.307 e. The molecule has 1 N–H and O–H groups in total. The number of para-hydroxylation sites is 2. The van der Waals surface area contributed by atoms with E-state index in [1.165, 1.54) is 29.6 Å². The smallest absolute Gasteiger partial charge is 0.258 e. The first-order chi connectivity index (χ1) is 15.5. The Bertz CT molecular complexity index is 1240. The monoisotopic (exact) mass is 452 g/mol. The number of hydrogen-bond donors (Lipinski definition) is 1. The average molecular weight is 453 g/mol. The van der Waals surface area contributed by atoms with Crippen molar-refractivity contribution in [2.45, 2.75) is 55.9 Å². The second-order valence-corrected chi connectivity index (χ2v) is 10.6. The molecule has 3 aromatic rings. The van der Waals surface area contributed by atoms with Crippen LogP contribution in [0, 0.1) is 0 Å². The van der Waals surface area contributed by atoms with E-state index in [2.05, 4.69) is 9.88 Å². The third-order valence-electron chi connectivity index (χ3n) is 6.56. The molecular weight excluding hydrogens is 424 g/mol. The number of imidazole rings is 1. The topological polar surface area (TPSA) is 84.3 Å². The lowest BCUT2D eigenvalue weighted by Crippen LogP contribution is -2.28. The maximum Gasteiger partial charge on any atom is 0.258 e. The van der Waals surface area contributed by atoms with E-state index < -0.39 is 10.0 Å². The quantitative estimate of drug-likeness (QED) is 0.614. The lowest BCUT2D eigenvalue weighted by molar-refractivity contribution is 0.102. The van der Waals surface area contributed by atoms with Crippen molar-refractivity contribution in [2.75, 3.05) is 18.4 Å². The van der Waals surface area contributed by atoms with Crippen LogP contribution in [0.2, 0.25) is 0 Å². The van der Waals surface area contributed by atoms with Crippen LogP contribution in [-0.4, -0.2) is 41.3 Å². The summed E-state index contributed by atoms with van der Waals surface area (Å²) < 4.78 is 29.5. The van der Waals surface area contributed by atoms with Crippen LogP contribution in [-0.2, 0) is 10.0 Å². The van der Waals surface area contributed by atoms with Crippen LogP contribution in [0.5, 0.6) is 0 Å². The van der Waals surface area contributed by atoms with E-state index in [1.54, 1.807) is 18.2 Å². The van der Waals surface area contributed by atoms with Gasteiger partial charge in [0, 0.05) is 24.7 Å². The number of hydrogen-bond acceptors (Lipinski definition) is 4. The van der Waals surface area contributed by atoms with Crippen LogP contribution in [0.1, 0.15) is 61.3 Å². The first kappa shape index (κ1) is 21.2. The number of anilines is 1. The van der Waals surface area contributed by atoms with Crippen molar-refractivity contribution in [3.63, 3.8) is 0 Å². The van der Waals surface area contributed by atoms with Crippen molar-refractivity contribution < 1.29 is 13.2 Å². The number of amides is 1. The SMILES string of the molecule is O=C(Nc1nc2ccccc2n1C1CCCCC1)c1cccc(S(=O)(=O)N2CCCC2)c1. The molecule has 5 rings (SSSR count). The van der Waals surface area contributed by atoms with Crippen molar-refractivity contribution in [1.29, 1.82) is 0 Å². The van der Waals surface area contributed by atoms with Gasteiger partial charge in [-0.05, 0) is 56.0 Å². The Morgan fingerprint density at radius 3 is 2.47 bits per heavy atom.